The Morgan fingerprint density at radius 1 is 1.03 bits per heavy atom. The van der Waals surface area contributed by atoms with Gasteiger partial charge in [-0.15, -0.1) is 0 Å². The molecule has 0 atom stereocenters. The SMILES string of the molecule is CCc1cccc2c(/C=C3\SC(=O)N(CC(=O)c4ccc(Cl)cc4)C3=O)cn(Cc3ccc(F)cc3)c12. The van der Waals surface area contributed by atoms with E-state index in [2.05, 4.69) is 17.6 Å². The second-order valence-electron chi connectivity index (χ2n) is 8.70. The minimum absolute atomic E-state index is 0.261. The molecule has 0 spiro atoms. The molecule has 1 aliphatic heterocycles. The van der Waals surface area contributed by atoms with Crippen LogP contribution in [0.25, 0.3) is 17.0 Å². The number of amides is 2. The van der Waals surface area contributed by atoms with E-state index in [4.69, 9.17) is 11.6 Å². The van der Waals surface area contributed by atoms with Gasteiger partial charge in [-0.3, -0.25) is 19.3 Å². The standard InChI is InChI=1S/C29H22ClFN2O3S/c1-2-19-4-3-5-24-21(16-32(27(19)24)15-18-6-12-23(31)13-7-18)14-26-28(35)33(29(36)37-26)17-25(34)20-8-10-22(30)11-9-20/h3-14,16H,2,15,17H2,1H3/b26-14-. The van der Waals surface area contributed by atoms with Gasteiger partial charge in [0.1, 0.15) is 5.82 Å². The smallest absolute Gasteiger partial charge is 0.293 e. The first-order valence-corrected chi connectivity index (χ1v) is 12.9. The van der Waals surface area contributed by atoms with Crippen LogP contribution < -0.4 is 0 Å². The lowest BCUT2D eigenvalue weighted by molar-refractivity contribution is -0.122. The van der Waals surface area contributed by atoms with Gasteiger partial charge in [-0.1, -0.05) is 48.9 Å². The van der Waals surface area contributed by atoms with Crippen molar-refractivity contribution in [3.8, 4) is 0 Å². The van der Waals surface area contributed by atoms with Crippen LogP contribution in [0.2, 0.25) is 5.02 Å². The van der Waals surface area contributed by atoms with E-state index in [-0.39, 0.29) is 23.1 Å². The molecule has 0 bridgehead atoms. The lowest BCUT2D eigenvalue weighted by Gasteiger charge is -2.11. The first kappa shape index (κ1) is 25.0. The molecular formula is C29H22ClFN2O3S. The Labute approximate surface area is 222 Å². The van der Waals surface area contributed by atoms with Crippen LogP contribution in [-0.2, 0) is 17.8 Å². The molecule has 0 unspecified atom stereocenters. The van der Waals surface area contributed by atoms with Gasteiger partial charge in [0.2, 0.25) is 0 Å². The van der Waals surface area contributed by atoms with Gasteiger partial charge in [0.05, 0.1) is 17.0 Å². The van der Waals surface area contributed by atoms with Crippen molar-refractivity contribution in [2.24, 2.45) is 0 Å². The van der Waals surface area contributed by atoms with Crippen LogP contribution in [-0.4, -0.2) is 32.9 Å². The number of ketones is 1. The fraction of sp³-hybridized carbons (Fsp3) is 0.138. The van der Waals surface area contributed by atoms with Crippen molar-refractivity contribution < 1.29 is 18.8 Å². The second kappa shape index (κ2) is 10.4. The van der Waals surface area contributed by atoms with E-state index in [1.165, 1.54) is 12.1 Å². The summed E-state index contributed by atoms with van der Waals surface area (Å²) in [4.78, 5) is 39.7. The molecule has 1 aliphatic rings. The molecule has 0 N–H and O–H groups in total. The zero-order chi connectivity index (χ0) is 26.1. The Kier molecular flexibility index (Phi) is 7.00. The summed E-state index contributed by atoms with van der Waals surface area (Å²) in [5, 5.41) is 0.962. The molecule has 2 heterocycles. The number of fused-ring (bicyclic) bond motifs is 1. The molecule has 1 saturated heterocycles. The van der Waals surface area contributed by atoms with Crippen molar-refractivity contribution in [1.82, 2.24) is 9.47 Å². The van der Waals surface area contributed by atoms with E-state index in [1.807, 2.05) is 18.3 Å². The Morgan fingerprint density at radius 2 is 1.76 bits per heavy atom. The minimum atomic E-state index is -0.497. The van der Waals surface area contributed by atoms with E-state index in [1.54, 1.807) is 42.5 Å². The highest BCUT2D eigenvalue weighted by atomic mass is 35.5. The maximum atomic E-state index is 13.4. The molecule has 5 nitrogen and oxygen atoms in total. The quantitative estimate of drug-likeness (QED) is 0.191. The van der Waals surface area contributed by atoms with Crippen LogP contribution in [0.5, 0.6) is 0 Å². The van der Waals surface area contributed by atoms with Crippen molar-refractivity contribution in [3.05, 3.63) is 111 Å². The van der Waals surface area contributed by atoms with Gasteiger partial charge < -0.3 is 4.57 Å². The number of aromatic nitrogens is 1. The molecule has 2 amide bonds. The number of hydrogen-bond acceptors (Lipinski definition) is 4. The second-order valence-corrected chi connectivity index (χ2v) is 10.1. The number of para-hydroxylation sites is 1. The van der Waals surface area contributed by atoms with Gasteiger partial charge in [0, 0.05) is 34.3 Å². The van der Waals surface area contributed by atoms with E-state index in [0.29, 0.717) is 17.1 Å². The predicted molar refractivity (Wildman–Crippen MR) is 145 cm³/mol. The monoisotopic (exact) mass is 532 g/mol. The van der Waals surface area contributed by atoms with E-state index in [0.717, 1.165) is 50.7 Å². The van der Waals surface area contributed by atoms with Crippen LogP contribution in [0.15, 0.2) is 77.8 Å². The molecule has 0 aliphatic carbocycles. The average Bonchev–Trinajstić information content (AvgIpc) is 3.37. The number of carbonyl (C=O) groups excluding carboxylic acids is 3. The number of Topliss-reactive ketones (excluding diaryl/α,β-unsaturated/α-hetero) is 1. The Hall–Kier alpha value is -3.68. The lowest BCUT2D eigenvalue weighted by atomic mass is 10.1. The number of rotatable bonds is 7. The number of aryl methyl sites for hydroxylation is 1. The highest BCUT2D eigenvalue weighted by Gasteiger charge is 2.36. The molecule has 37 heavy (non-hydrogen) atoms. The first-order valence-electron chi connectivity index (χ1n) is 11.7. The van der Waals surface area contributed by atoms with Crippen LogP contribution in [0.4, 0.5) is 9.18 Å². The number of thioether (sulfide) groups is 1. The largest absolute Gasteiger partial charge is 0.342 e. The molecule has 186 valence electrons. The summed E-state index contributed by atoms with van der Waals surface area (Å²) in [6.45, 7) is 2.27. The maximum absolute atomic E-state index is 13.4. The fourth-order valence-corrected chi connectivity index (χ4v) is 5.38. The zero-order valence-corrected chi connectivity index (χ0v) is 21.5. The van der Waals surface area contributed by atoms with Crippen LogP contribution in [0.3, 0.4) is 0 Å². The summed E-state index contributed by atoms with van der Waals surface area (Å²) in [5.74, 6) is -1.13. The van der Waals surface area contributed by atoms with Crippen LogP contribution in [0, 0.1) is 5.82 Å². The Morgan fingerprint density at radius 3 is 2.46 bits per heavy atom. The third kappa shape index (κ3) is 5.10. The summed E-state index contributed by atoms with van der Waals surface area (Å²) in [7, 11) is 0. The van der Waals surface area contributed by atoms with E-state index >= 15 is 0 Å². The van der Waals surface area contributed by atoms with Gasteiger partial charge in [0.15, 0.2) is 5.78 Å². The topological polar surface area (TPSA) is 59.4 Å². The molecule has 1 aromatic heterocycles. The highest BCUT2D eigenvalue weighted by Crippen LogP contribution is 2.35. The summed E-state index contributed by atoms with van der Waals surface area (Å²) >= 11 is 6.71. The van der Waals surface area contributed by atoms with Gasteiger partial charge in [-0.25, -0.2) is 4.39 Å². The lowest BCUT2D eigenvalue weighted by Crippen LogP contribution is -2.33. The third-order valence-corrected chi connectivity index (χ3v) is 7.45. The first-order chi connectivity index (χ1) is 17.8. The molecule has 8 heteroatoms. The van der Waals surface area contributed by atoms with Gasteiger partial charge >= 0.3 is 0 Å². The predicted octanol–water partition coefficient (Wildman–Crippen LogP) is 6.96. The molecule has 1 fully saturated rings. The van der Waals surface area contributed by atoms with Crippen molar-refractivity contribution in [2.75, 3.05) is 6.54 Å². The maximum Gasteiger partial charge on any atom is 0.293 e. The van der Waals surface area contributed by atoms with Gasteiger partial charge in [-0.2, -0.15) is 0 Å². The third-order valence-electron chi connectivity index (χ3n) is 6.29. The number of carbonyl (C=O) groups is 3. The summed E-state index contributed by atoms with van der Waals surface area (Å²) in [6.07, 6.45) is 4.47. The van der Waals surface area contributed by atoms with Crippen molar-refractivity contribution in [1.29, 1.82) is 0 Å². The molecule has 0 radical (unpaired) electrons. The summed E-state index contributed by atoms with van der Waals surface area (Å²) < 4.78 is 15.5. The summed E-state index contributed by atoms with van der Waals surface area (Å²) in [6, 6.07) is 18.7. The highest BCUT2D eigenvalue weighted by molar-refractivity contribution is 8.18. The van der Waals surface area contributed by atoms with E-state index < -0.39 is 11.1 Å². The normalized spacial score (nSPS) is 14.8. The number of nitrogens with zero attached hydrogens (tertiary/aromatic N) is 2. The van der Waals surface area contributed by atoms with Gasteiger partial charge in [-0.05, 0) is 71.8 Å². The van der Waals surface area contributed by atoms with Crippen molar-refractivity contribution in [3.63, 3.8) is 0 Å². The number of imide groups is 1. The minimum Gasteiger partial charge on any atom is -0.342 e. The number of benzene rings is 3. The van der Waals surface area contributed by atoms with Crippen LogP contribution in [0.1, 0.15) is 34.0 Å². The fourth-order valence-electron chi connectivity index (χ4n) is 4.43. The molecule has 0 saturated carbocycles. The Balaban J connectivity index is 1.46. The van der Waals surface area contributed by atoms with Gasteiger partial charge in [0.25, 0.3) is 11.1 Å². The van der Waals surface area contributed by atoms with Crippen molar-refractivity contribution >= 4 is 57.3 Å². The van der Waals surface area contributed by atoms with Crippen molar-refractivity contribution in [2.45, 2.75) is 19.9 Å². The molecular weight excluding hydrogens is 511 g/mol. The van der Waals surface area contributed by atoms with Crippen LogP contribution >= 0.6 is 23.4 Å². The number of hydrogen-bond donors (Lipinski definition) is 0. The molecule has 3 aromatic carbocycles. The molecule has 4 aromatic rings. The number of halogens is 2. The zero-order valence-electron chi connectivity index (χ0n) is 19.9. The molecule has 5 rings (SSSR count). The van der Waals surface area contributed by atoms with E-state index in [9.17, 15) is 18.8 Å². The average molecular weight is 533 g/mol. The summed E-state index contributed by atoms with van der Waals surface area (Å²) in [5.41, 5.74) is 4.28. The Bertz CT molecular complexity index is 1560.